The lowest BCUT2D eigenvalue weighted by molar-refractivity contribution is 0.0691. The minimum Gasteiger partial charge on any atom is -0.476 e. The highest BCUT2D eigenvalue weighted by molar-refractivity contribution is 6.32. The number of halogens is 1. The standard InChI is InChI=1S/C10H13ClN2O2/c11-8-7(10(14)15)12-9(13-8)6-4-2-1-3-5-6/h6H,1-5H2,(H,12,13)(H,14,15). The minimum absolute atomic E-state index is 0.0581. The molecule has 0 atom stereocenters. The van der Waals surface area contributed by atoms with Crippen LogP contribution < -0.4 is 0 Å². The van der Waals surface area contributed by atoms with Gasteiger partial charge < -0.3 is 10.1 Å². The fourth-order valence-corrected chi connectivity index (χ4v) is 2.30. The van der Waals surface area contributed by atoms with E-state index in [1.165, 1.54) is 19.3 Å². The van der Waals surface area contributed by atoms with Gasteiger partial charge in [0.1, 0.15) is 11.0 Å². The van der Waals surface area contributed by atoms with Crippen LogP contribution in [0, 0.1) is 0 Å². The normalized spacial score (nSPS) is 17.9. The van der Waals surface area contributed by atoms with E-state index in [0.717, 1.165) is 18.7 Å². The van der Waals surface area contributed by atoms with Crippen LogP contribution in [0.2, 0.25) is 5.15 Å². The number of carboxylic acid groups (broad SMARTS) is 1. The van der Waals surface area contributed by atoms with E-state index in [-0.39, 0.29) is 10.8 Å². The van der Waals surface area contributed by atoms with E-state index in [1.807, 2.05) is 0 Å². The third kappa shape index (κ3) is 2.15. The molecule has 0 amide bonds. The van der Waals surface area contributed by atoms with Crippen molar-refractivity contribution in [2.45, 2.75) is 38.0 Å². The first-order valence-electron chi connectivity index (χ1n) is 5.17. The van der Waals surface area contributed by atoms with Gasteiger partial charge in [-0.1, -0.05) is 30.9 Å². The van der Waals surface area contributed by atoms with Gasteiger partial charge in [-0.3, -0.25) is 0 Å². The predicted molar refractivity (Wildman–Crippen MR) is 56.4 cm³/mol. The zero-order valence-corrected chi connectivity index (χ0v) is 9.05. The number of hydrogen-bond donors (Lipinski definition) is 2. The Hall–Kier alpha value is -1.03. The van der Waals surface area contributed by atoms with Crippen LogP contribution in [0.25, 0.3) is 0 Å². The highest BCUT2D eigenvalue weighted by atomic mass is 35.5. The van der Waals surface area contributed by atoms with E-state index < -0.39 is 5.97 Å². The first-order valence-corrected chi connectivity index (χ1v) is 5.55. The van der Waals surface area contributed by atoms with Gasteiger partial charge in [0.05, 0.1) is 0 Å². The van der Waals surface area contributed by atoms with Gasteiger partial charge in [-0.05, 0) is 12.8 Å². The fourth-order valence-electron chi connectivity index (χ4n) is 2.08. The molecule has 2 rings (SSSR count). The average Bonchev–Trinajstić information content (AvgIpc) is 2.62. The molecule has 1 aliphatic carbocycles. The summed E-state index contributed by atoms with van der Waals surface area (Å²) in [6.45, 7) is 0. The van der Waals surface area contributed by atoms with Gasteiger partial charge in [0.15, 0.2) is 5.69 Å². The molecule has 5 heteroatoms. The third-order valence-corrected chi connectivity index (χ3v) is 3.15. The molecule has 0 aliphatic heterocycles. The van der Waals surface area contributed by atoms with Crippen molar-refractivity contribution in [2.75, 3.05) is 0 Å². The average molecular weight is 229 g/mol. The molecule has 0 spiro atoms. The lowest BCUT2D eigenvalue weighted by Crippen LogP contribution is -2.06. The van der Waals surface area contributed by atoms with Crippen molar-refractivity contribution in [1.29, 1.82) is 0 Å². The second-order valence-corrected chi connectivity index (χ2v) is 4.30. The maximum absolute atomic E-state index is 10.8. The van der Waals surface area contributed by atoms with Crippen LogP contribution in [0.15, 0.2) is 0 Å². The molecule has 4 nitrogen and oxygen atoms in total. The number of imidazole rings is 1. The number of H-pyrrole nitrogens is 1. The van der Waals surface area contributed by atoms with E-state index >= 15 is 0 Å². The molecule has 1 aromatic heterocycles. The molecule has 1 heterocycles. The van der Waals surface area contributed by atoms with Crippen LogP contribution in [0.3, 0.4) is 0 Å². The van der Waals surface area contributed by atoms with E-state index in [0.29, 0.717) is 5.92 Å². The molecule has 0 aromatic carbocycles. The monoisotopic (exact) mass is 228 g/mol. The molecule has 0 bridgehead atoms. The third-order valence-electron chi connectivity index (χ3n) is 2.87. The lowest BCUT2D eigenvalue weighted by Gasteiger charge is -2.18. The molecule has 0 radical (unpaired) electrons. The van der Waals surface area contributed by atoms with Crippen LogP contribution in [-0.2, 0) is 0 Å². The van der Waals surface area contributed by atoms with Gasteiger partial charge in [-0.25, -0.2) is 9.78 Å². The van der Waals surface area contributed by atoms with E-state index in [2.05, 4.69) is 9.97 Å². The molecule has 82 valence electrons. The Bertz CT molecular complexity index is 369. The largest absolute Gasteiger partial charge is 0.476 e. The first-order chi connectivity index (χ1) is 7.18. The SMILES string of the molecule is O=C(O)c1nc(C2CCCCC2)[nH]c1Cl. The number of aromatic amines is 1. The van der Waals surface area contributed by atoms with Crippen LogP contribution in [-0.4, -0.2) is 21.0 Å². The second kappa shape index (κ2) is 4.23. The van der Waals surface area contributed by atoms with E-state index in [9.17, 15) is 4.79 Å². The van der Waals surface area contributed by atoms with Crippen molar-refractivity contribution in [3.63, 3.8) is 0 Å². The van der Waals surface area contributed by atoms with Gasteiger partial charge in [0.25, 0.3) is 0 Å². The summed E-state index contributed by atoms with van der Waals surface area (Å²) in [6, 6.07) is 0. The molecule has 1 fully saturated rings. The first kappa shape index (κ1) is 10.5. The van der Waals surface area contributed by atoms with Crippen molar-refractivity contribution >= 4 is 17.6 Å². The zero-order valence-electron chi connectivity index (χ0n) is 8.29. The number of aromatic nitrogens is 2. The van der Waals surface area contributed by atoms with Gasteiger partial charge in [-0.2, -0.15) is 0 Å². The summed E-state index contributed by atoms with van der Waals surface area (Å²) in [5.74, 6) is 0.0137. The predicted octanol–water partition coefficient (Wildman–Crippen LogP) is 2.81. The number of nitrogens with one attached hydrogen (secondary N) is 1. The summed E-state index contributed by atoms with van der Waals surface area (Å²) in [7, 11) is 0. The van der Waals surface area contributed by atoms with Crippen LogP contribution in [0.4, 0.5) is 0 Å². The molecular formula is C10H13ClN2O2. The smallest absolute Gasteiger partial charge is 0.357 e. The maximum Gasteiger partial charge on any atom is 0.357 e. The van der Waals surface area contributed by atoms with Crippen LogP contribution in [0.1, 0.15) is 54.3 Å². The van der Waals surface area contributed by atoms with E-state index in [1.54, 1.807) is 0 Å². The highest BCUT2D eigenvalue weighted by Gasteiger charge is 2.22. The lowest BCUT2D eigenvalue weighted by atomic mass is 9.89. The number of hydrogen-bond acceptors (Lipinski definition) is 2. The second-order valence-electron chi connectivity index (χ2n) is 3.92. The quantitative estimate of drug-likeness (QED) is 0.818. The van der Waals surface area contributed by atoms with Gasteiger partial charge >= 0.3 is 5.97 Å². The zero-order chi connectivity index (χ0) is 10.8. The summed E-state index contributed by atoms with van der Waals surface area (Å²) in [5, 5.41) is 8.95. The molecule has 2 N–H and O–H groups in total. The number of nitrogens with zero attached hydrogens (tertiary/aromatic N) is 1. The van der Waals surface area contributed by atoms with Crippen LogP contribution in [0.5, 0.6) is 0 Å². The highest BCUT2D eigenvalue weighted by Crippen LogP contribution is 2.32. The van der Waals surface area contributed by atoms with Gasteiger partial charge in [0.2, 0.25) is 0 Å². The Morgan fingerprint density at radius 2 is 2.07 bits per heavy atom. The molecule has 1 aromatic rings. The summed E-state index contributed by atoms with van der Waals surface area (Å²) in [6.07, 6.45) is 5.78. The number of rotatable bonds is 2. The Morgan fingerprint density at radius 3 is 2.60 bits per heavy atom. The minimum atomic E-state index is -1.07. The summed E-state index contributed by atoms with van der Waals surface area (Å²) >= 11 is 5.76. The maximum atomic E-state index is 10.8. The van der Waals surface area contributed by atoms with Crippen molar-refractivity contribution < 1.29 is 9.90 Å². The molecule has 1 aliphatic rings. The molecular weight excluding hydrogens is 216 g/mol. The Balaban J connectivity index is 2.21. The van der Waals surface area contributed by atoms with Crippen molar-refractivity contribution in [3.8, 4) is 0 Å². The molecule has 0 unspecified atom stereocenters. The van der Waals surface area contributed by atoms with Crippen molar-refractivity contribution in [3.05, 3.63) is 16.7 Å². The van der Waals surface area contributed by atoms with Crippen LogP contribution >= 0.6 is 11.6 Å². The Labute approximate surface area is 92.7 Å². The summed E-state index contributed by atoms with van der Waals surface area (Å²) < 4.78 is 0. The Morgan fingerprint density at radius 1 is 1.40 bits per heavy atom. The van der Waals surface area contributed by atoms with Crippen molar-refractivity contribution in [1.82, 2.24) is 9.97 Å². The number of carbonyl (C=O) groups is 1. The number of aromatic carboxylic acids is 1. The molecule has 0 saturated heterocycles. The number of carboxylic acids is 1. The molecule has 1 saturated carbocycles. The van der Waals surface area contributed by atoms with Crippen molar-refractivity contribution in [2.24, 2.45) is 0 Å². The summed E-state index contributed by atoms with van der Waals surface area (Å²) in [4.78, 5) is 17.7. The molecule has 15 heavy (non-hydrogen) atoms. The Kier molecular flexibility index (Phi) is 2.95. The fraction of sp³-hybridized carbons (Fsp3) is 0.600. The van der Waals surface area contributed by atoms with E-state index in [4.69, 9.17) is 16.7 Å². The summed E-state index contributed by atoms with van der Waals surface area (Å²) in [5.41, 5.74) is -0.0581. The topological polar surface area (TPSA) is 66.0 Å². The van der Waals surface area contributed by atoms with Gasteiger partial charge in [-0.15, -0.1) is 0 Å². The van der Waals surface area contributed by atoms with Gasteiger partial charge in [0, 0.05) is 5.92 Å².